The van der Waals surface area contributed by atoms with E-state index < -0.39 is 11.7 Å². The first-order valence-electron chi connectivity index (χ1n) is 7.30. The van der Waals surface area contributed by atoms with Crippen LogP contribution in [0.15, 0.2) is 18.2 Å². The van der Waals surface area contributed by atoms with E-state index in [9.17, 15) is 13.2 Å². The van der Waals surface area contributed by atoms with Gasteiger partial charge in [0.25, 0.3) is 0 Å². The highest BCUT2D eigenvalue weighted by atomic mass is 19.4. The van der Waals surface area contributed by atoms with E-state index in [1.807, 2.05) is 0 Å². The Morgan fingerprint density at radius 3 is 2.52 bits per heavy atom. The number of hydrogen-bond acceptors (Lipinski definition) is 3. The van der Waals surface area contributed by atoms with Crippen LogP contribution in [0, 0.1) is 0 Å². The number of benzene rings is 1. The molecule has 2 saturated heterocycles. The highest BCUT2D eigenvalue weighted by Crippen LogP contribution is 2.36. The molecule has 2 bridgehead atoms. The Labute approximate surface area is 122 Å². The van der Waals surface area contributed by atoms with Gasteiger partial charge in [-0.25, -0.2) is 0 Å². The van der Waals surface area contributed by atoms with Gasteiger partial charge < -0.3 is 10.6 Å². The molecule has 2 N–H and O–H groups in total. The molecule has 3 rings (SSSR count). The molecule has 6 heteroatoms. The van der Waals surface area contributed by atoms with Crippen molar-refractivity contribution in [3.05, 3.63) is 23.8 Å². The summed E-state index contributed by atoms with van der Waals surface area (Å²) in [4.78, 5) is 4.54. The van der Waals surface area contributed by atoms with Crippen molar-refractivity contribution in [2.45, 2.75) is 37.5 Å². The van der Waals surface area contributed by atoms with Gasteiger partial charge >= 0.3 is 6.18 Å². The molecule has 2 unspecified atom stereocenters. The highest BCUT2D eigenvalue weighted by molar-refractivity contribution is 5.69. The monoisotopic (exact) mass is 299 g/mol. The van der Waals surface area contributed by atoms with Gasteiger partial charge in [-0.2, -0.15) is 13.2 Å². The number of alkyl halides is 3. The summed E-state index contributed by atoms with van der Waals surface area (Å²) in [5.74, 6) is 0. The van der Waals surface area contributed by atoms with E-state index >= 15 is 0 Å². The Kier molecular flexibility index (Phi) is 3.51. The molecule has 0 aliphatic carbocycles. The third-order valence-electron chi connectivity index (χ3n) is 4.84. The Morgan fingerprint density at radius 2 is 1.86 bits per heavy atom. The van der Waals surface area contributed by atoms with Gasteiger partial charge in [-0.05, 0) is 44.5 Å². The van der Waals surface area contributed by atoms with E-state index in [1.165, 1.54) is 12.5 Å². The molecule has 2 aliphatic rings. The molecule has 3 nitrogen and oxygen atoms in total. The molecule has 2 fully saturated rings. The maximum atomic E-state index is 12.7. The number of halogens is 3. The van der Waals surface area contributed by atoms with Crippen molar-refractivity contribution in [3.63, 3.8) is 0 Å². The number of likely N-dealkylation sites (N-methyl/N-ethyl adjacent to an activating group) is 1. The normalized spacial score (nSPS) is 27.0. The number of nitrogen functional groups attached to an aromatic ring is 1. The summed E-state index contributed by atoms with van der Waals surface area (Å²) in [6.07, 6.45) is -0.937. The quantitative estimate of drug-likeness (QED) is 0.809. The molecule has 2 heterocycles. The van der Waals surface area contributed by atoms with Crippen LogP contribution in [0.2, 0.25) is 0 Å². The van der Waals surface area contributed by atoms with E-state index in [4.69, 9.17) is 5.73 Å². The van der Waals surface area contributed by atoms with Crippen molar-refractivity contribution < 1.29 is 13.2 Å². The molecule has 0 radical (unpaired) electrons. The van der Waals surface area contributed by atoms with Crippen molar-refractivity contribution in [3.8, 4) is 0 Å². The molecule has 0 spiro atoms. The predicted molar refractivity (Wildman–Crippen MR) is 77.3 cm³/mol. The second-order valence-electron chi connectivity index (χ2n) is 6.06. The van der Waals surface area contributed by atoms with Crippen molar-refractivity contribution >= 4 is 11.4 Å². The number of anilines is 2. The van der Waals surface area contributed by atoms with Gasteiger partial charge in [0.1, 0.15) is 0 Å². The van der Waals surface area contributed by atoms with Crippen LogP contribution in [0.25, 0.3) is 0 Å². The predicted octanol–water partition coefficient (Wildman–Crippen LogP) is 2.96. The summed E-state index contributed by atoms with van der Waals surface area (Å²) in [5, 5.41) is 0. The van der Waals surface area contributed by atoms with Gasteiger partial charge in [-0.1, -0.05) is 0 Å². The Morgan fingerprint density at radius 1 is 1.14 bits per heavy atom. The summed E-state index contributed by atoms with van der Waals surface area (Å²) < 4.78 is 38.1. The minimum Gasteiger partial charge on any atom is -0.397 e. The Hall–Kier alpha value is -1.43. The molecule has 1 aromatic carbocycles. The second-order valence-corrected chi connectivity index (χ2v) is 6.06. The van der Waals surface area contributed by atoms with Crippen LogP contribution >= 0.6 is 0 Å². The topological polar surface area (TPSA) is 32.5 Å². The Bertz CT molecular complexity index is 529. The molecule has 21 heavy (non-hydrogen) atoms. The van der Waals surface area contributed by atoms with Gasteiger partial charge in [-0.15, -0.1) is 0 Å². The summed E-state index contributed by atoms with van der Waals surface area (Å²) in [6, 6.07) is 4.74. The van der Waals surface area contributed by atoms with Crippen molar-refractivity contribution in [2.24, 2.45) is 0 Å². The molecular weight excluding hydrogens is 279 g/mol. The summed E-state index contributed by atoms with van der Waals surface area (Å²) in [5.41, 5.74) is 6.13. The molecular formula is C15H20F3N3. The van der Waals surface area contributed by atoms with Crippen molar-refractivity contribution in [1.82, 2.24) is 4.90 Å². The minimum absolute atomic E-state index is 0.213. The van der Waals surface area contributed by atoms with E-state index in [1.54, 1.807) is 0 Å². The van der Waals surface area contributed by atoms with Crippen LogP contribution in [0.4, 0.5) is 24.5 Å². The number of nitrogens with zero attached hydrogens (tertiary/aromatic N) is 2. The van der Waals surface area contributed by atoms with E-state index in [0.29, 0.717) is 12.1 Å². The van der Waals surface area contributed by atoms with E-state index in [-0.39, 0.29) is 5.69 Å². The first-order valence-corrected chi connectivity index (χ1v) is 7.30. The van der Waals surface area contributed by atoms with E-state index in [0.717, 1.165) is 43.8 Å². The van der Waals surface area contributed by atoms with Crippen molar-refractivity contribution in [1.29, 1.82) is 0 Å². The minimum atomic E-state index is -4.34. The number of nitrogens with two attached hydrogens (primary N) is 1. The molecule has 0 amide bonds. The fourth-order valence-corrected chi connectivity index (χ4v) is 3.55. The second kappa shape index (κ2) is 5.09. The molecule has 2 aliphatic heterocycles. The van der Waals surface area contributed by atoms with E-state index in [2.05, 4.69) is 16.8 Å². The molecule has 0 saturated carbocycles. The molecule has 1 aromatic rings. The number of rotatable bonds is 1. The van der Waals surface area contributed by atoms with Crippen LogP contribution in [0.5, 0.6) is 0 Å². The molecule has 2 atom stereocenters. The lowest BCUT2D eigenvalue weighted by atomic mass is 10.1. The third-order valence-corrected chi connectivity index (χ3v) is 4.84. The van der Waals surface area contributed by atoms with Crippen LogP contribution in [0.3, 0.4) is 0 Å². The average molecular weight is 299 g/mol. The van der Waals surface area contributed by atoms with Gasteiger partial charge in [0, 0.05) is 25.2 Å². The van der Waals surface area contributed by atoms with Gasteiger partial charge in [-0.3, -0.25) is 4.90 Å². The zero-order chi connectivity index (χ0) is 15.2. The summed E-state index contributed by atoms with van der Waals surface area (Å²) in [6.45, 7) is 1.68. The molecule has 0 aromatic heterocycles. The lowest BCUT2D eigenvalue weighted by molar-refractivity contribution is -0.137. The zero-order valence-corrected chi connectivity index (χ0v) is 12.0. The summed E-state index contributed by atoms with van der Waals surface area (Å²) in [7, 11) is 2.14. The van der Waals surface area contributed by atoms with Crippen molar-refractivity contribution in [2.75, 3.05) is 30.8 Å². The van der Waals surface area contributed by atoms with Crippen LogP contribution in [-0.2, 0) is 6.18 Å². The van der Waals surface area contributed by atoms with Gasteiger partial charge in [0.2, 0.25) is 0 Å². The fraction of sp³-hybridized carbons (Fsp3) is 0.600. The smallest absolute Gasteiger partial charge is 0.397 e. The standard InChI is InChI=1S/C15H20F3N3/c1-20-11-3-4-12(20)9-21(7-6-11)14-5-2-10(8-13(14)19)15(16,17)18/h2,5,8,11-12H,3-4,6-7,9,19H2,1H3. The first kappa shape index (κ1) is 14.5. The summed E-state index contributed by atoms with van der Waals surface area (Å²) >= 11 is 0. The van der Waals surface area contributed by atoms with Gasteiger partial charge in [0.15, 0.2) is 0 Å². The average Bonchev–Trinajstić information content (AvgIpc) is 2.63. The fourth-order valence-electron chi connectivity index (χ4n) is 3.55. The lowest BCUT2D eigenvalue weighted by Gasteiger charge is -2.29. The molecule has 116 valence electrons. The van der Waals surface area contributed by atoms with Crippen LogP contribution in [0.1, 0.15) is 24.8 Å². The number of hydrogen-bond donors (Lipinski definition) is 1. The van der Waals surface area contributed by atoms with Crippen LogP contribution < -0.4 is 10.6 Å². The third kappa shape index (κ3) is 2.69. The van der Waals surface area contributed by atoms with Crippen LogP contribution in [-0.4, -0.2) is 37.1 Å². The largest absolute Gasteiger partial charge is 0.416 e. The number of fused-ring (bicyclic) bond motifs is 2. The van der Waals surface area contributed by atoms with Gasteiger partial charge in [0.05, 0.1) is 16.9 Å². The SMILES string of the molecule is CN1C2CCC1CN(c1ccc(C(F)(F)F)cc1N)CC2. The first-order chi connectivity index (χ1) is 9.86. The Balaban J connectivity index is 1.84. The maximum Gasteiger partial charge on any atom is 0.416 e. The maximum absolute atomic E-state index is 12.7. The zero-order valence-electron chi connectivity index (χ0n) is 12.0. The lowest BCUT2D eigenvalue weighted by Crippen LogP contribution is -2.36. The highest BCUT2D eigenvalue weighted by Gasteiger charge is 2.36.